The quantitative estimate of drug-likeness (QED) is 0.480. The van der Waals surface area contributed by atoms with Crippen molar-refractivity contribution in [2.45, 2.75) is 69.5 Å². The summed E-state index contributed by atoms with van der Waals surface area (Å²) in [4.78, 5) is 14.4. The van der Waals surface area contributed by atoms with Gasteiger partial charge in [0.15, 0.2) is 17.0 Å². The lowest BCUT2D eigenvalue weighted by Crippen LogP contribution is -2.33. The number of aromatic nitrogens is 4. The molecule has 0 atom stereocenters. The molecule has 0 spiro atoms. The van der Waals surface area contributed by atoms with Crippen LogP contribution >= 0.6 is 24.8 Å². The molecule has 31 heavy (non-hydrogen) atoms. The van der Waals surface area contributed by atoms with Gasteiger partial charge in [0.2, 0.25) is 5.95 Å². The van der Waals surface area contributed by atoms with Crippen molar-refractivity contribution in [1.82, 2.24) is 19.5 Å². The molecular formula is C22H31Cl2N7. The van der Waals surface area contributed by atoms with Crippen molar-refractivity contribution in [2.24, 2.45) is 5.73 Å². The van der Waals surface area contributed by atoms with Crippen LogP contribution in [-0.4, -0.2) is 31.6 Å². The van der Waals surface area contributed by atoms with Crippen LogP contribution in [0.4, 0.5) is 17.5 Å². The minimum absolute atomic E-state index is 0. The summed E-state index contributed by atoms with van der Waals surface area (Å²) >= 11 is 0. The molecule has 2 fully saturated rings. The van der Waals surface area contributed by atoms with E-state index in [-0.39, 0.29) is 24.8 Å². The highest BCUT2D eigenvalue weighted by atomic mass is 35.5. The lowest BCUT2D eigenvalue weighted by molar-refractivity contribution is 0.410. The summed E-state index contributed by atoms with van der Waals surface area (Å²) in [5.74, 6) is 1.43. The molecule has 0 unspecified atom stereocenters. The van der Waals surface area contributed by atoms with Crippen molar-refractivity contribution < 1.29 is 0 Å². The fraction of sp³-hybridized carbons (Fsp3) is 0.500. The number of nitrogens with two attached hydrogens (primary N) is 1. The van der Waals surface area contributed by atoms with Crippen molar-refractivity contribution in [3.8, 4) is 0 Å². The Morgan fingerprint density at radius 2 is 1.61 bits per heavy atom. The van der Waals surface area contributed by atoms with E-state index in [0.29, 0.717) is 24.1 Å². The van der Waals surface area contributed by atoms with Crippen LogP contribution in [0.2, 0.25) is 0 Å². The van der Waals surface area contributed by atoms with Gasteiger partial charge in [-0.3, -0.25) is 0 Å². The summed E-state index contributed by atoms with van der Waals surface area (Å²) in [6.07, 6.45) is 11.1. The molecule has 0 aliphatic heterocycles. The van der Waals surface area contributed by atoms with E-state index < -0.39 is 0 Å². The van der Waals surface area contributed by atoms with Crippen LogP contribution in [0.25, 0.3) is 11.2 Å². The average Bonchev–Trinajstić information content (AvgIpc) is 3.40. The molecular weight excluding hydrogens is 433 g/mol. The largest absolute Gasteiger partial charge is 0.351 e. The van der Waals surface area contributed by atoms with E-state index in [0.717, 1.165) is 48.4 Å². The van der Waals surface area contributed by atoms with Gasteiger partial charge in [-0.15, -0.1) is 24.8 Å². The number of para-hydroxylation sites is 1. The third-order valence-corrected chi connectivity index (χ3v) is 6.28. The summed E-state index contributed by atoms with van der Waals surface area (Å²) < 4.78 is 2.25. The second-order valence-corrected chi connectivity index (χ2v) is 8.41. The molecule has 2 aliphatic carbocycles. The highest BCUT2D eigenvalue weighted by Crippen LogP contribution is 2.34. The van der Waals surface area contributed by atoms with Gasteiger partial charge in [0, 0.05) is 23.8 Å². The molecule has 0 saturated heterocycles. The van der Waals surface area contributed by atoms with Crippen LogP contribution < -0.4 is 16.4 Å². The van der Waals surface area contributed by atoms with E-state index in [1.54, 1.807) is 0 Å². The zero-order valence-electron chi connectivity index (χ0n) is 17.5. The molecule has 7 nitrogen and oxygen atoms in total. The summed E-state index contributed by atoms with van der Waals surface area (Å²) in [6.45, 7) is 0. The number of nitrogens with zero attached hydrogens (tertiary/aromatic N) is 4. The topological polar surface area (TPSA) is 93.7 Å². The first-order chi connectivity index (χ1) is 14.3. The van der Waals surface area contributed by atoms with E-state index in [4.69, 9.17) is 15.7 Å². The first-order valence-corrected chi connectivity index (χ1v) is 10.8. The monoisotopic (exact) mass is 463 g/mol. The number of nitrogens with one attached hydrogen (secondary N) is 2. The summed E-state index contributed by atoms with van der Waals surface area (Å²) in [6, 6.07) is 11.3. The van der Waals surface area contributed by atoms with Crippen LogP contribution in [0, 0.1) is 0 Å². The number of benzene rings is 1. The highest BCUT2D eigenvalue weighted by Gasteiger charge is 2.23. The van der Waals surface area contributed by atoms with Gasteiger partial charge in [-0.2, -0.15) is 9.97 Å². The third-order valence-electron chi connectivity index (χ3n) is 6.28. The maximum absolute atomic E-state index is 6.07. The fourth-order valence-corrected chi connectivity index (χ4v) is 4.62. The number of fused-ring (bicyclic) bond motifs is 1. The molecule has 1 aromatic carbocycles. The van der Waals surface area contributed by atoms with E-state index >= 15 is 0 Å². The standard InChI is InChI=1S/C22H29N7.2ClH/c23-15-10-12-17(13-11-15)26-22-27-20(25-16-6-2-1-3-7-16)19-21(28-22)29(14-24-19)18-8-4-5-9-18;;/h1-3,6-7,14-15,17-18H,4-5,8-13,23H2,(H2,25,26,27,28);2*1H/t15-,17-;;. The van der Waals surface area contributed by atoms with Crippen LogP contribution in [0.5, 0.6) is 0 Å². The van der Waals surface area contributed by atoms with Crippen LogP contribution in [0.3, 0.4) is 0 Å². The highest BCUT2D eigenvalue weighted by molar-refractivity contribution is 5.86. The molecule has 2 saturated carbocycles. The maximum atomic E-state index is 6.07. The summed E-state index contributed by atoms with van der Waals surface area (Å²) in [7, 11) is 0. The van der Waals surface area contributed by atoms with Crippen LogP contribution in [0.15, 0.2) is 36.7 Å². The molecule has 2 heterocycles. The second kappa shape index (κ2) is 10.5. The average molecular weight is 464 g/mol. The Morgan fingerprint density at radius 3 is 2.32 bits per heavy atom. The number of hydrogen-bond acceptors (Lipinski definition) is 6. The third kappa shape index (κ3) is 5.22. The zero-order valence-corrected chi connectivity index (χ0v) is 19.2. The Balaban J connectivity index is 0.00000136. The maximum Gasteiger partial charge on any atom is 0.227 e. The molecule has 4 N–H and O–H groups in total. The van der Waals surface area contributed by atoms with Gasteiger partial charge in [-0.1, -0.05) is 31.0 Å². The van der Waals surface area contributed by atoms with Crippen molar-refractivity contribution in [3.63, 3.8) is 0 Å². The Labute approximate surface area is 195 Å². The van der Waals surface area contributed by atoms with Gasteiger partial charge < -0.3 is 20.9 Å². The van der Waals surface area contributed by atoms with Gasteiger partial charge in [0.1, 0.15) is 0 Å². The predicted molar refractivity (Wildman–Crippen MR) is 131 cm³/mol. The summed E-state index contributed by atoms with van der Waals surface area (Å²) in [5.41, 5.74) is 8.82. The SMILES string of the molecule is Cl.Cl.N[C@H]1CC[C@H](Nc2nc(Nc3ccccc3)c3ncn(C4CCCC4)c3n2)CC1. The number of halogens is 2. The van der Waals surface area contributed by atoms with Crippen molar-refractivity contribution >= 4 is 53.4 Å². The van der Waals surface area contributed by atoms with Gasteiger partial charge in [0.25, 0.3) is 0 Å². The minimum atomic E-state index is 0. The number of hydrogen-bond donors (Lipinski definition) is 3. The van der Waals surface area contributed by atoms with Crippen LogP contribution in [0.1, 0.15) is 57.4 Å². The van der Waals surface area contributed by atoms with E-state index in [1.807, 2.05) is 36.7 Å². The number of rotatable bonds is 5. The molecule has 168 valence electrons. The minimum Gasteiger partial charge on any atom is -0.351 e. The first kappa shape index (κ1) is 23.6. The lowest BCUT2D eigenvalue weighted by Gasteiger charge is -2.27. The first-order valence-electron chi connectivity index (χ1n) is 10.8. The molecule has 2 aromatic heterocycles. The molecule has 2 aliphatic rings. The molecule has 0 bridgehead atoms. The smallest absolute Gasteiger partial charge is 0.227 e. The Morgan fingerprint density at radius 1 is 0.903 bits per heavy atom. The second-order valence-electron chi connectivity index (χ2n) is 8.41. The van der Waals surface area contributed by atoms with Gasteiger partial charge in [-0.05, 0) is 50.7 Å². The zero-order chi connectivity index (χ0) is 19.6. The molecule has 3 aromatic rings. The van der Waals surface area contributed by atoms with Crippen LogP contribution in [-0.2, 0) is 0 Å². The van der Waals surface area contributed by atoms with E-state index in [2.05, 4.69) is 20.2 Å². The van der Waals surface area contributed by atoms with Crippen molar-refractivity contribution in [1.29, 1.82) is 0 Å². The van der Waals surface area contributed by atoms with Crippen molar-refractivity contribution in [3.05, 3.63) is 36.7 Å². The van der Waals surface area contributed by atoms with Crippen molar-refractivity contribution in [2.75, 3.05) is 10.6 Å². The Hall–Kier alpha value is -2.09. The van der Waals surface area contributed by atoms with Gasteiger partial charge in [0.05, 0.1) is 6.33 Å². The normalized spacial score (nSPS) is 21.3. The van der Waals surface area contributed by atoms with E-state index in [1.165, 1.54) is 25.7 Å². The van der Waals surface area contributed by atoms with E-state index in [9.17, 15) is 0 Å². The molecule has 9 heteroatoms. The summed E-state index contributed by atoms with van der Waals surface area (Å²) in [5, 5.41) is 7.02. The molecule has 5 rings (SSSR count). The van der Waals surface area contributed by atoms with Gasteiger partial charge >= 0.3 is 0 Å². The number of anilines is 3. The molecule has 0 amide bonds. The Kier molecular flexibility index (Phi) is 7.97. The lowest BCUT2D eigenvalue weighted by atomic mass is 9.92. The number of imidazole rings is 1. The Bertz CT molecular complexity index is 965. The predicted octanol–water partition coefficient (Wildman–Crippen LogP) is 5.21. The fourth-order valence-electron chi connectivity index (χ4n) is 4.62. The molecule has 0 radical (unpaired) electrons. The van der Waals surface area contributed by atoms with Gasteiger partial charge in [-0.25, -0.2) is 4.98 Å².